The van der Waals surface area contributed by atoms with Crippen molar-refractivity contribution in [2.75, 3.05) is 0 Å². The van der Waals surface area contributed by atoms with Crippen LogP contribution in [0.25, 0.3) is 0 Å². The summed E-state index contributed by atoms with van der Waals surface area (Å²) in [5.74, 6) is 13.8. The summed E-state index contributed by atoms with van der Waals surface area (Å²) in [6.45, 7) is 0. The number of hydrogen-bond acceptors (Lipinski definition) is 0. The van der Waals surface area contributed by atoms with E-state index >= 15 is 0 Å². The minimum Gasteiger partial charge on any atom is -0.0911 e. The molecule has 0 aliphatic heterocycles. The maximum absolute atomic E-state index is 3.58. The predicted octanol–water partition coefficient (Wildman–Crippen LogP) is 5.33. The molecule has 0 bridgehead atoms. The Balaban J connectivity index is 1.41. The molecular weight excluding hydrogens is 561 g/mol. The van der Waals surface area contributed by atoms with Gasteiger partial charge in [-0.3, -0.25) is 0 Å². The molecule has 0 spiro atoms. The molecule has 0 saturated carbocycles. The number of benzene rings is 6. The van der Waals surface area contributed by atoms with E-state index in [2.05, 4.69) is 206 Å². The van der Waals surface area contributed by atoms with Gasteiger partial charge in [0.1, 0.15) is 0 Å². The Kier molecular flexibility index (Phi) is 9.15. The Hall–Kier alpha value is -5.13. The van der Waals surface area contributed by atoms with Crippen LogP contribution in [-0.2, 0) is 0 Å². The number of hydrogen-bond donors (Lipinski definition) is 0. The van der Waals surface area contributed by atoms with Crippen molar-refractivity contribution in [3.05, 3.63) is 182 Å². The van der Waals surface area contributed by atoms with Crippen LogP contribution in [0.2, 0.25) is 12.1 Å². The Morgan fingerprint density at radius 1 is 0.273 bits per heavy atom. The van der Waals surface area contributed by atoms with E-state index < -0.39 is 16.1 Å². The molecule has 44 heavy (non-hydrogen) atoms. The third kappa shape index (κ3) is 5.87. The summed E-state index contributed by atoms with van der Waals surface area (Å²) in [6.07, 6.45) is 0. The molecule has 6 aromatic rings. The molecule has 0 radical (unpaired) electrons. The van der Waals surface area contributed by atoms with Gasteiger partial charge >= 0.3 is 0 Å². The maximum Gasteiger partial charge on any atom is 0.159 e. The van der Waals surface area contributed by atoms with Crippen LogP contribution < -0.4 is 31.1 Å². The van der Waals surface area contributed by atoms with Crippen LogP contribution in [0.3, 0.4) is 0 Å². The average molecular weight is 595 g/mol. The summed E-state index contributed by atoms with van der Waals surface area (Å²) >= 11 is 0. The highest BCUT2D eigenvalue weighted by Crippen LogP contribution is 2.14. The minimum absolute atomic E-state index is 0.762. The second kappa shape index (κ2) is 13.9. The third-order valence-electron chi connectivity index (χ3n) is 8.55. The van der Waals surface area contributed by atoms with Crippen molar-refractivity contribution in [1.82, 2.24) is 0 Å². The fourth-order valence-corrected chi connectivity index (χ4v) is 14.9. The standard InChI is InChI=1S/C42H34Si2/c1(21-35-43(37-23-9-3-10-24-37,38-25-11-4-12-26-38)39-27-13-5-14-28-39)2-22-36-44(40-29-15-6-16-30-40,41-31-17-7-18-32-41)42-33-19-8-20-34-42/h3-20,23-34H,35-36H2. The fourth-order valence-electron chi connectivity index (χ4n) is 6.39. The lowest BCUT2D eigenvalue weighted by Gasteiger charge is -2.32. The van der Waals surface area contributed by atoms with Gasteiger partial charge in [-0.15, -0.1) is 0 Å². The van der Waals surface area contributed by atoms with E-state index in [9.17, 15) is 0 Å². The van der Waals surface area contributed by atoms with Crippen LogP contribution in [0, 0.1) is 23.7 Å². The van der Waals surface area contributed by atoms with E-state index in [0.717, 1.165) is 12.1 Å². The molecule has 0 nitrogen and oxygen atoms in total. The van der Waals surface area contributed by atoms with Gasteiger partial charge in [-0.2, -0.15) is 0 Å². The lowest BCUT2D eigenvalue weighted by Crippen LogP contribution is -2.66. The smallest absolute Gasteiger partial charge is 0.0911 e. The Labute approximate surface area is 264 Å². The summed E-state index contributed by atoms with van der Waals surface area (Å²) in [6, 6.07) is 67.2. The van der Waals surface area contributed by atoms with Gasteiger partial charge in [0, 0.05) is 12.1 Å². The summed E-state index contributed by atoms with van der Waals surface area (Å²) < 4.78 is 0. The van der Waals surface area contributed by atoms with Crippen molar-refractivity contribution in [2.24, 2.45) is 0 Å². The Morgan fingerprint density at radius 3 is 0.636 bits per heavy atom. The molecule has 0 N–H and O–H groups in total. The number of rotatable bonds is 8. The van der Waals surface area contributed by atoms with Gasteiger partial charge in [-0.1, -0.05) is 194 Å². The normalized spacial score (nSPS) is 11.0. The first-order chi connectivity index (χ1) is 21.8. The second-order valence-electron chi connectivity index (χ2n) is 11.0. The van der Waals surface area contributed by atoms with Gasteiger partial charge in [0.2, 0.25) is 0 Å². The van der Waals surface area contributed by atoms with Gasteiger partial charge in [0.15, 0.2) is 16.1 Å². The molecule has 0 aromatic heterocycles. The van der Waals surface area contributed by atoms with E-state index in [1.165, 1.54) is 31.1 Å². The monoisotopic (exact) mass is 594 g/mol. The molecule has 0 fully saturated rings. The van der Waals surface area contributed by atoms with Gasteiger partial charge in [-0.25, -0.2) is 0 Å². The molecular formula is C42H34Si2. The van der Waals surface area contributed by atoms with Crippen molar-refractivity contribution in [2.45, 2.75) is 12.1 Å². The lowest BCUT2D eigenvalue weighted by molar-refractivity contribution is 1.60. The minimum atomic E-state index is -2.41. The largest absolute Gasteiger partial charge is 0.159 e. The molecule has 0 amide bonds. The van der Waals surface area contributed by atoms with Crippen LogP contribution in [0.5, 0.6) is 0 Å². The summed E-state index contributed by atoms with van der Waals surface area (Å²) in [4.78, 5) is 0. The topological polar surface area (TPSA) is 0 Å². The molecule has 2 heteroatoms. The van der Waals surface area contributed by atoms with Crippen molar-refractivity contribution in [3.8, 4) is 23.7 Å². The molecule has 0 heterocycles. The van der Waals surface area contributed by atoms with E-state index in [0.29, 0.717) is 0 Å². The van der Waals surface area contributed by atoms with E-state index in [4.69, 9.17) is 0 Å². The highest BCUT2D eigenvalue weighted by Gasteiger charge is 2.39. The zero-order valence-corrected chi connectivity index (χ0v) is 26.7. The third-order valence-corrected chi connectivity index (χ3v) is 17.9. The summed E-state index contributed by atoms with van der Waals surface area (Å²) in [5.41, 5.74) is 0. The van der Waals surface area contributed by atoms with Crippen LogP contribution in [0.4, 0.5) is 0 Å². The van der Waals surface area contributed by atoms with Crippen LogP contribution in [0.1, 0.15) is 0 Å². The van der Waals surface area contributed by atoms with Crippen molar-refractivity contribution < 1.29 is 0 Å². The van der Waals surface area contributed by atoms with Crippen molar-refractivity contribution in [3.63, 3.8) is 0 Å². The molecule has 210 valence electrons. The van der Waals surface area contributed by atoms with E-state index in [1.54, 1.807) is 0 Å². The quantitative estimate of drug-likeness (QED) is 0.127. The summed E-state index contributed by atoms with van der Waals surface area (Å²) in [5, 5.41) is 8.19. The highest BCUT2D eigenvalue weighted by molar-refractivity contribution is 7.12. The molecule has 0 atom stereocenters. The van der Waals surface area contributed by atoms with E-state index in [1.807, 2.05) is 0 Å². The first-order valence-corrected chi connectivity index (χ1v) is 19.5. The van der Waals surface area contributed by atoms with Crippen LogP contribution in [0.15, 0.2) is 182 Å². The van der Waals surface area contributed by atoms with Crippen molar-refractivity contribution in [1.29, 1.82) is 0 Å². The molecule has 0 aliphatic rings. The first kappa shape index (κ1) is 29.0. The lowest BCUT2D eigenvalue weighted by atomic mass is 10.3. The van der Waals surface area contributed by atoms with Gasteiger partial charge in [0.05, 0.1) is 0 Å². The maximum atomic E-state index is 3.58. The average Bonchev–Trinajstić information content (AvgIpc) is 3.12. The van der Waals surface area contributed by atoms with Gasteiger partial charge < -0.3 is 0 Å². The highest BCUT2D eigenvalue weighted by atomic mass is 28.3. The SMILES string of the molecule is C(C#CC[Si](c1ccccc1)(c1ccccc1)c1ccccc1)#CC[Si](c1ccccc1)(c1ccccc1)c1ccccc1. The van der Waals surface area contributed by atoms with Crippen LogP contribution >= 0.6 is 0 Å². The zero-order valence-electron chi connectivity index (χ0n) is 24.7. The molecule has 6 rings (SSSR count). The fraction of sp³-hybridized carbons (Fsp3) is 0.0476. The molecule has 0 saturated heterocycles. The summed E-state index contributed by atoms with van der Waals surface area (Å²) in [7, 11) is -4.82. The molecule has 0 unspecified atom stereocenters. The Morgan fingerprint density at radius 2 is 0.455 bits per heavy atom. The zero-order chi connectivity index (χ0) is 29.9. The predicted molar refractivity (Wildman–Crippen MR) is 193 cm³/mol. The Bertz CT molecular complexity index is 1540. The van der Waals surface area contributed by atoms with Crippen molar-refractivity contribution >= 4 is 47.3 Å². The second-order valence-corrected chi connectivity index (χ2v) is 18.8. The van der Waals surface area contributed by atoms with Gasteiger partial charge in [0.25, 0.3) is 0 Å². The van der Waals surface area contributed by atoms with E-state index in [-0.39, 0.29) is 0 Å². The molecule has 6 aromatic carbocycles. The van der Waals surface area contributed by atoms with Gasteiger partial charge in [-0.05, 0) is 43.0 Å². The first-order valence-electron chi connectivity index (χ1n) is 15.1. The van der Waals surface area contributed by atoms with Crippen LogP contribution in [-0.4, -0.2) is 16.1 Å². The molecule has 0 aliphatic carbocycles.